The summed E-state index contributed by atoms with van der Waals surface area (Å²) in [6.07, 6.45) is -1.03. The third-order valence-corrected chi connectivity index (χ3v) is 12.5. The highest BCUT2D eigenvalue weighted by molar-refractivity contribution is 6.23. The van der Waals surface area contributed by atoms with E-state index in [2.05, 4.69) is 30.3 Å². The minimum absolute atomic E-state index is 0.0614. The normalized spacial score (nSPS) is 21.0. The van der Waals surface area contributed by atoms with Crippen LogP contribution in [0.15, 0.2) is 54.7 Å². The summed E-state index contributed by atoms with van der Waals surface area (Å²) in [4.78, 5) is 78.8. The lowest BCUT2D eigenvalue weighted by Gasteiger charge is -2.41. The molecule has 8 rings (SSSR count). The highest BCUT2D eigenvalue weighted by atomic mass is 19.4. The summed E-state index contributed by atoms with van der Waals surface area (Å²) in [6, 6.07) is 12.6. The van der Waals surface area contributed by atoms with Crippen LogP contribution in [0.3, 0.4) is 0 Å². The van der Waals surface area contributed by atoms with Gasteiger partial charge in [0.2, 0.25) is 11.8 Å². The Labute approximate surface area is 349 Å². The van der Waals surface area contributed by atoms with Gasteiger partial charge in [-0.3, -0.25) is 39.6 Å². The fourth-order valence-corrected chi connectivity index (χ4v) is 8.75. The molecule has 1 atom stereocenters. The number of carbonyl (C=O) groups excluding carboxylic acids is 5. The van der Waals surface area contributed by atoms with Gasteiger partial charge in [0, 0.05) is 89.8 Å². The number of nitriles is 1. The Balaban J connectivity index is 0.760. The maximum atomic E-state index is 13.5. The number of amides is 6. The Bertz CT molecular complexity index is 2260. The van der Waals surface area contributed by atoms with Gasteiger partial charge in [-0.2, -0.15) is 18.4 Å². The maximum Gasteiger partial charge on any atom is 0.417 e. The van der Waals surface area contributed by atoms with Gasteiger partial charge in [-0.25, -0.2) is 9.78 Å². The Morgan fingerprint density at radius 2 is 1.46 bits per heavy atom. The molecule has 19 heteroatoms. The van der Waals surface area contributed by atoms with E-state index in [1.807, 2.05) is 12.1 Å². The van der Waals surface area contributed by atoms with Crippen molar-refractivity contribution in [1.29, 1.82) is 5.26 Å². The number of imide groups is 2. The molecule has 5 aliphatic rings. The smallest absolute Gasteiger partial charge is 0.390 e. The van der Waals surface area contributed by atoms with E-state index in [0.717, 1.165) is 42.0 Å². The third-order valence-electron chi connectivity index (χ3n) is 12.5. The second-order valence-corrected chi connectivity index (χ2v) is 16.1. The SMILES string of the molecule is N#Cc1ccc(N2CCN(C(=O)Nc3ccc(N4CCC(O)(CCN5CCN(c6ccc7c(c6)C(=O)N(C6CCC(=O)NC6=O)C7=O)CC5)CC4)cn3)CC2)cc1C(F)(F)F. The van der Waals surface area contributed by atoms with Gasteiger partial charge in [0.25, 0.3) is 11.8 Å². The summed E-state index contributed by atoms with van der Waals surface area (Å²) in [7, 11) is 0. The van der Waals surface area contributed by atoms with Crippen molar-refractivity contribution in [3.63, 3.8) is 0 Å². The molecule has 0 bridgehead atoms. The lowest BCUT2D eigenvalue weighted by Crippen LogP contribution is -2.54. The van der Waals surface area contributed by atoms with Crippen LogP contribution >= 0.6 is 0 Å². The summed E-state index contributed by atoms with van der Waals surface area (Å²) in [5.41, 5.74) is 0.291. The number of piperazine rings is 2. The number of halogens is 3. The van der Waals surface area contributed by atoms with E-state index in [1.54, 1.807) is 40.3 Å². The summed E-state index contributed by atoms with van der Waals surface area (Å²) in [5, 5.41) is 25.6. The molecule has 5 aliphatic heterocycles. The standard InChI is InChI=1S/C42H45F3N10O6/c43-42(44,45)33-24-29(2-1-27(33)25-46)53-19-21-54(22-20-53)40(60)48-35-7-4-30(26-47-35)51-13-10-41(61,11-14-51)9-12-50-15-17-52(18-16-50)28-3-5-31-32(23-28)39(59)55(38(31)58)34-6-8-36(56)49-37(34)57/h1-5,7,23-24,26,34,61H,6,8-22H2,(H,47,48,60)(H,49,56,57). The van der Waals surface area contributed by atoms with Crippen molar-refractivity contribution in [3.05, 3.63) is 77.0 Å². The minimum atomic E-state index is -4.65. The molecule has 61 heavy (non-hydrogen) atoms. The number of carbonyl (C=O) groups is 5. The van der Waals surface area contributed by atoms with Crippen LogP contribution in [0, 0.1) is 11.3 Å². The molecule has 3 N–H and O–H groups in total. The first-order valence-corrected chi connectivity index (χ1v) is 20.4. The number of anilines is 4. The predicted molar refractivity (Wildman–Crippen MR) is 216 cm³/mol. The van der Waals surface area contributed by atoms with Gasteiger partial charge in [0.15, 0.2) is 0 Å². The molecule has 0 radical (unpaired) electrons. The van der Waals surface area contributed by atoms with Gasteiger partial charge in [0.05, 0.1) is 45.8 Å². The number of rotatable bonds is 8. The monoisotopic (exact) mass is 842 g/mol. The van der Waals surface area contributed by atoms with Crippen molar-refractivity contribution in [3.8, 4) is 6.07 Å². The number of aromatic nitrogens is 1. The molecule has 3 aromatic rings. The Hall–Kier alpha value is -6.26. The van der Waals surface area contributed by atoms with Gasteiger partial charge in [-0.15, -0.1) is 0 Å². The molecule has 2 aromatic carbocycles. The van der Waals surface area contributed by atoms with E-state index in [0.29, 0.717) is 70.0 Å². The number of alkyl halides is 3. The first kappa shape index (κ1) is 41.5. The first-order valence-electron chi connectivity index (χ1n) is 20.4. The molecule has 0 saturated carbocycles. The van der Waals surface area contributed by atoms with Crippen molar-refractivity contribution >= 4 is 52.5 Å². The zero-order chi connectivity index (χ0) is 43.1. The van der Waals surface area contributed by atoms with Crippen LogP contribution in [0.4, 0.5) is 40.8 Å². The van der Waals surface area contributed by atoms with E-state index in [-0.39, 0.29) is 43.1 Å². The molecule has 0 spiro atoms. The number of hydrogen-bond acceptors (Lipinski definition) is 12. The summed E-state index contributed by atoms with van der Waals surface area (Å²) in [5.74, 6) is -1.76. The van der Waals surface area contributed by atoms with E-state index < -0.39 is 52.6 Å². The van der Waals surface area contributed by atoms with Gasteiger partial charge < -0.3 is 24.7 Å². The van der Waals surface area contributed by atoms with Crippen molar-refractivity contribution in [2.24, 2.45) is 0 Å². The zero-order valence-electron chi connectivity index (χ0n) is 33.3. The molecule has 6 amide bonds. The number of pyridine rings is 1. The molecule has 4 fully saturated rings. The van der Waals surface area contributed by atoms with Crippen LogP contribution in [0.1, 0.15) is 63.9 Å². The van der Waals surface area contributed by atoms with Crippen LogP contribution in [-0.2, 0) is 15.8 Å². The average molecular weight is 843 g/mol. The van der Waals surface area contributed by atoms with Gasteiger partial charge in [0.1, 0.15) is 11.9 Å². The molecular formula is C42H45F3N10O6. The topological polar surface area (TPSA) is 186 Å². The fourth-order valence-electron chi connectivity index (χ4n) is 8.75. The Morgan fingerprint density at radius 3 is 2.10 bits per heavy atom. The largest absolute Gasteiger partial charge is 0.417 e. The third kappa shape index (κ3) is 8.68. The molecule has 4 saturated heterocycles. The summed E-state index contributed by atoms with van der Waals surface area (Å²) < 4.78 is 40.4. The highest BCUT2D eigenvalue weighted by Crippen LogP contribution is 2.36. The quantitative estimate of drug-likeness (QED) is 0.282. The first-order chi connectivity index (χ1) is 29.2. The number of nitrogens with zero attached hydrogens (tertiary/aromatic N) is 8. The van der Waals surface area contributed by atoms with E-state index in [4.69, 9.17) is 5.26 Å². The van der Waals surface area contributed by atoms with E-state index in [9.17, 15) is 42.3 Å². The number of nitrogens with one attached hydrogen (secondary N) is 2. The molecule has 6 heterocycles. The molecule has 0 aliphatic carbocycles. The highest BCUT2D eigenvalue weighted by Gasteiger charge is 2.45. The lowest BCUT2D eigenvalue weighted by molar-refractivity contribution is -0.138. The van der Waals surface area contributed by atoms with Crippen LogP contribution in [0.5, 0.6) is 0 Å². The van der Waals surface area contributed by atoms with Crippen LogP contribution in [-0.4, -0.2) is 138 Å². The molecule has 1 aromatic heterocycles. The fraction of sp³-hybridized carbons (Fsp3) is 0.452. The number of fused-ring (bicyclic) bond motifs is 1. The minimum Gasteiger partial charge on any atom is -0.390 e. The van der Waals surface area contributed by atoms with Gasteiger partial charge in [-0.05, 0) is 74.2 Å². The number of benzene rings is 2. The molecular weight excluding hydrogens is 798 g/mol. The van der Waals surface area contributed by atoms with Crippen molar-refractivity contribution in [2.45, 2.75) is 49.9 Å². The Morgan fingerprint density at radius 1 is 0.836 bits per heavy atom. The number of hydrogen-bond donors (Lipinski definition) is 3. The number of aliphatic hydroxyl groups is 1. The summed E-state index contributed by atoms with van der Waals surface area (Å²) in [6.45, 7) is 6.10. The molecule has 320 valence electrons. The predicted octanol–water partition coefficient (Wildman–Crippen LogP) is 3.27. The number of urea groups is 1. The molecule has 1 unspecified atom stereocenters. The van der Waals surface area contributed by atoms with Gasteiger partial charge >= 0.3 is 12.2 Å². The average Bonchev–Trinajstić information content (AvgIpc) is 3.51. The van der Waals surface area contributed by atoms with E-state index >= 15 is 0 Å². The second-order valence-electron chi connectivity index (χ2n) is 16.1. The zero-order valence-corrected chi connectivity index (χ0v) is 33.3. The van der Waals surface area contributed by atoms with Gasteiger partial charge in [-0.1, -0.05) is 0 Å². The lowest BCUT2D eigenvalue weighted by atomic mass is 9.87. The number of piperidine rings is 2. The van der Waals surface area contributed by atoms with Crippen LogP contribution in [0.2, 0.25) is 0 Å². The van der Waals surface area contributed by atoms with Crippen LogP contribution < -0.4 is 25.3 Å². The maximum absolute atomic E-state index is 13.5. The Kier molecular flexibility index (Phi) is 11.3. The van der Waals surface area contributed by atoms with Crippen molar-refractivity contribution < 1.29 is 42.3 Å². The van der Waals surface area contributed by atoms with Crippen LogP contribution in [0.25, 0.3) is 0 Å². The second kappa shape index (κ2) is 16.7. The molecule has 16 nitrogen and oxygen atoms in total. The van der Waals surface area contributed by atoms with Crippen molar-refractivity contribution in [2.75, 3.05) is 92.0 Å². The van der Waals surface area contributed by atoms with E-state index in [1.165, 1.54) is 12.1 Å². The van der Waals surface area contributed by atoms with Crippen molar-refractivity contribution in [1.82, 2.24) is 25.0 Å². The summed E-state index contributed by atoms with van der Waals surface area (Å²) >= 11 is 0.